The maximum absolute atomic E-state index is 10.6. The van der Waals surface area contributed by atoms with Gasteiger partial charge in [-0.3, -0.25) is 4.90 Å². The fraction of sp³-hybridized carbons (Fsp3) is 0.462. The lowest BCUT2D eigenvalue weighted by Gasteiger charge is -2.26. The molecule has 0 spiro atoms. The Kier molecular flexibility index (Phi) is 9.76. The van der Waals surface area contributed by atoms with Gasteiger partial charge in [0.25, 0.3) is 0 Å². The number of fused-ring (bicyclic) bond motifs is 2. The van der Waals surface area contributed by atoms with Crippen LogP contribution in [-0.2, 0) is 9.53 Å². The lowest BCUT2D eigenvalue weighted by atomic mass is 10.1. The number of carbonyl (C=O) groups is 1. The third-order valence-corrected chi connectivity index (χ3v) is 5.62. The van der Waals surface area contributed by atoms with Crippen LogP contribution in [0.3, 0.4) is 0 Å². The van der Waals surface area contributed by atoms with Crippen molar-refractivity contribution < 1.29 is 37.3 Å². The third kappa shape index (κ3) is 7.83. The third-order valence-electron chi connectivity index (χ3n) is 5.62. The van der Waals surface area contributed by atoms with Gasteiger partial charge in [-0.15, -0.1) is 0 Å². The van der Waals surface area contributed by atoms with E-state index in [1.54, 1.807) is 7.11 Å². The molecule has 202 valence electrons. The predicted molar refractivity (Wildman–Crippen MR) is 136 cm³/mol. The molecule has 1 saturated heterocycles. The van der Waals surface area contributed by atoms with Crippen LogP contribution >= 0.6 is 0 Å². The van der Waals surface area contributed by atoms with Gasteiger partial charge in [-0.2, -0.15) is 13.2 Å². The van der Waals surface area contributed by atoms with Crippen molar-refractivity contribution in [3.63, 3.8) is 0 Å². The number of methoxy groups -OCH3 is 1. The van der Waals surface area contributed by atoms with Gasteiger partial charge in [-0.05, 0) is 32.4 Å². The SMILES string of the molecule is COc1cc2c(NC(C)C)c3ccccc3nc2cc1OCCCN1CCOCC1.O=C(O)C(F)(F)F. The highest BCUT2D eigenvalue weighted by atomic mass is 19.4. The second kappa shape index (κ2) is 12.8. The Bertz CT molecular complexity index is 1200. The number of alkyl halides is 3. The summed E-state index contributed by atoms with van der Waals surface area (Å²) in [5.41, 5.74) is 2.96. The van der Waals surface area contributed by atoms with Crippen LogP contribution < -0.4 is 14.8 Å². The molecular formula is C26H32F3N3O5. The number of aromatic nitrogens is 1. The second-order valence-electron chi connectivity index (χ2n) is 8.78. The Morgan fingerprint density at radius 3 is 2.43 bits per heavy atom. The highest BCUT2D eigenvalue weighted by Gasteiger charge is 2.38. The van der Waals surface area contributed by atoms with Crippen LogP contribution in [0.4, 0.5) is 18.9 Å². The molecule has 37 heavy (non-hydrogen) atoms. The summed E-state index contributed by atoms with van der Waals surface area (Å²) < 4.78 is 48.9. The molecule has 2 N–H and O–H groups in total. The standard InChI is InChI=1S/C24H31N3O3.C2HF3O2/c1-17(2)25-24-18-7-4-5-8-20(18)26-21-16-23(22(28-3)15-19(21)24)30-12-6-9-27-10-13-29-14-11-27;3-2(4,5)1(6)7/h4-5,7-8,15-17H,6,9-14H2,1-3H3,(H,25,26);(H,6,7). The number of para-hydroxylation sites is 1. The zero-order valence-electron chi connectivity index (χ0n) is 21.1. The quantitative estimate of drug-likeness (QED) is 0.317. The van der Waals surface area contributed by atoms with E-state index in [4.69, 9.17) is 29.1 Å². The van der Waals surface area contributed by atoms with Crippen molar-refractivity contribution in [1.82, 2.24) is 9.88 Å². The number of rotatable bonds is 8. The van der Waals surface area contributed by atoms with Gasteiger partial charge in [0.05, 0.1) is 43.7 Å². The van der Waals surface area contributed by atoms with Crippen LogP contribution in [0.25, 0.3) is 21.8 Å². The van der Waals surface area contributed by atoms with Crippen molar-refractivity contribution in [2.75, 3.05) is 51.9 Å². The minimum absolute atomic E-state index is 0.307. The highest BCUT2D eigenvalue weighted by molar-refractivity contribution is 6.08. The van der Waals surface area contributed by atoms with E-state index in [9.17, 15) is 13.2 Å². The molecule has 0 bridgehead atoms. The molecule has 0 atom stereocenters. The van der Waals surface area contributed by atoms with Crippen LogP contribution in [0, 0.1) is 0 Å². The lowest BCUT2D eigenvalue weighted by molar-refractivity contribution is -0.192. The number of morpholine rings is 1. The average molecular weight is 524 g/mol. The van der Waals surface area contributed by atoms with E-state index in [0.29, 0.717) is 12.6 Å². The Hall–Kier alpha value is -3.31. The molecule has 1 aliphatic heterocycles. The lowest BCUT2D eigenvalue weighted by Crippen LogP contribution is -2.37. The summed E-state index contributed by atoms with van der Waals surface area (Å²) in [6.07, 6.45) is -4.12. The summed E-state index contributed by atoms with van der Waals surface area (Å²) in [6, 6.07) is 12.6. The zero-order valence-corrected chi connectivity index (χ0v) is 21.1. The Balaban J connectivity index is 0.000000479. The number of halogens is 3. The second-order valence-corrected chi connectivity index (χ2v) is 8.78. The van der Waals surface area contributed by atoms with E-state index in [1.165, 1.54) is 0 Å². The first kappa shape index (κ1) is 28.3. The van der Waals surface area contributed by atoms with Crippen molar-refractivity contribution in [1.29, 1.82) is 0 Å². The number of ether oxygens (including phenoxy) is 3. The predicted octanol–water partition coefficient (Wildman–Crippen LogP) is 4.95. The minimum atomic E-state index is -5.08. The molecule has 2 heterocycles. The largest absolute Gasteiger partial charge is 0.493 e. The maximum atomic E-state index is 10.6. The Morgan fingerprint density at radius 1 is 1.14 bits per heavy atom. The van der Waals surface area contributed by atoms with Gasteiger partial charge < -0.3 is 24.6 Å². The van der Waals surface area contributed by atoms with E-state index in [1.807, 2.05) is 30.3 Å². The van der Waals surface area contributed by atoms with Crippen LogP contribution in [0.5, 0.6) is 11.5 Å². The summed E-state index contributed by atoms with van der Waals surface area (Å²) in [6.45, 7) is 9.60. The van der Waals surface area contributed by atoms with Crippen molar-refractivity contribution >= 4 is 33.5 Å². The molecular weight excluding hydrogens is 491 g/mol. The van der Waals surface area contributed by atoms with Crippen molar-refractivity contribution in [3.8, 4) is 11.5 Å². The number of nitrogens with one attached hydrogen (secondary N) is 1. The molecule has 1 aromatic heterocycles. The number of hydrogen-bond acceptors (Lipinski definition) is 7. The average Bonchev–Trinajstić information content (AvgIpc) is 2.86. The first-order chi connectivity index (χ1) is 17.6. The first-order valence-corrected chi connectivity index (χ1v) is 12.0. The maximum Gasteiger partial charge on any atom is 0.490 e. The molecule has 0 amide bonds. The summed E-state index contributed by atoms with van der Waals surface area (Å²) in [5.74, 6) is -1.28. The number of hydrogen-bond donors (Lipinski definition) is 2. The van der Waals surface area contributed by atoms with Gasteiger partial charge in [0, 0.05) is 42.5 Å². The highest BCUT2D eigenvalue weighted by Crippen LogP contribution is 2.38. The Morgan fingerprint density at radius 2 is 1.81 bits per heavy atom. The summed E-state index contributed by atoms with van der Waals surface area (Å²) in [5, 5.41) is 12.9. The summed E-state index contributed by atoms with van der Waals surface area (Å²) >= 11 is 0. The molecule has 4 rings (SSSR count). The summed E-state index contributed by atoms with van der Waals surface area (Å²) in [4.78, 5) is 16.2. The number of carboxylic acid groups (broad SMARTS) is 1. The van der Waals surface area contributed by atoms with Crippen LogP contribution in [0.2, 0.25) is 0 Å². The number of carboxylic acids is 1. The van der Waals surface area contributed by atoms with E-state index in [2.05, 4.69) is 30.1 Å². The van der Waals surface area contributed by atoms with E-state index >= 15 is 0 Å². The fourth-order valence-corrected chi connectivity index (χ4v) is 3.91. The number of anilines is 1. The molecule has 3 aromatic rings. The normalized spacial score (nSPS) is 14.4. The van der Waals surface area contributed by atoms with Crippen molar-refractivity contribution in [2.45, 2.75) is 32.5 Å². The number of nitrogens with zero attached hydrogens (tertiary/aromatic N) is 2. The Labute approximate surface area is 213 Å². The van der Waals surface area contributed by atoms with E-state index in [-0.39, 0.29) is 0 Å². The molecule has 2 aromatic carbocycles. The van der Waals surface area contributed by atoms with Crippen molar-refractivity contribution in [2.24, 2.45) is 0 Å². The molecule has 8 nitrogen and oxygen atoms in total. The molecule has 0 saturated carbocycles. The smallest absolute Gasteiger partial charge is 0.490 e. The van der Waals surface area contributed by atoms with Gasteiger partial charge in [0.1, 0.15) is 0 Å². The van der Waals surface area contributed by atoms with Gasteiger partial charge in [0.2, 0.25) is 0 Å². The van der Waals surface area contributed by atoms with Crippen LogP contribution in [0.1, 0.15) is 20.3 Å². The molecule has 0 aliphatic carbocycles. The molecule has 0 radical (unpaired) electrons. The number of pyridine rings is 1. The number of benzene rings is 2. The first-order valence-electron chi connectivity index (χ1n) is 12.0. The van der Waals surface area contributed by atoms with Crippen LogP contribution in [0.15, 0.2) is 36.4 Å². The van der Waals surface area contributed by atoms with Crippen LogP contribution in [-0.4, -0.2) is 79.7 Å². The zero-order chi connectivity index (χ0) is 27.0. The summed E-state index contributed by atoms with van der Waals surface area (Å²) in [7, 11) is 1.69. The van der Waals surface area contributed by atoms with E-state index in [0.717, 1.165) is 78.3 Å². The van der Waals surface area contributed by atoms with Gasteiger partial charge in [-0.1, -0.05) is 18.2 Å². The molecule has 1 aliphatic rings. The fourth-order valence-electron chi connectivity index (χ4n) is 3.91. The van der Waals surface area contributed by atoms with Crippen molar-refractivity contribution in [3.05, 3.63) is 36.4 Å². The monoisotopic (exact) mass is 523 g/mol. The molecule has 1 fully saturated rings. The number of aliphatic carboxylic acids is 1. The minimum Gasteiger partial charge on any atom is -0.493 e. The van der Waals surface area contributed by atoms with Gasteiger partial charge in [-0.25, -0.2) is 9.78 Å². The van der Waals surface area contributed by atoms with E-state index < -0.39 is 12.1 Å². The van der Waals surface area contributed by atoms with Gasteiger partial charge in [0.15, 0.2) is 11.5 Å². The molecule has 0 unspecified atom stereocenters. The molecule has 11 heteroatoms. The van der Waals surface area contributed by atoms with Gasteiger partial charge >= 0.3 is 12.1 Å². The topological polar surface area (TPSA) is 93.1 Å².